The van der Waals surface area contributed by atoms with Gasteiger partial charge in [-0.2, -0.15) is 0 Å². The molecular formula is C15H23ClN2O3. The summed E-state index contributed by atoms with van der Waals surface area (Å²) in [5, 5.41) is 3.50. The molecule has 0 amide bonds. The van der Waals surface area contributed by atoms with Crippen molar-refractivity contribution < 1.29 is 14.2 Å². The van der Waals surface area contributed by atoms with Crippen LogP contribution in [0.3, 0.4) is 0 Å². The summed E-state index contributed by atoms with van der Waals surface area (Å²) in [6.45, 7) is 7.69. The van der Waals surface area contributed by atoms with Crippen LogP contribution in [0.2, 0.25) is 0 Å². The second-order valence-corrected chi connectivity index (χ2v) is 5.61. The van der Waals surface area contributed by atoms with Crippen molar-refractivity contribution in [1.29, 1.82) is 0 Å². The van der Waals surface area contributed by atoms with Gasteiger partial charge in [0.05, 0.1) is 7.11 Å². The van der Waals surface area contributed by atoms with Gasteiger partial charge in [0.15, 0.2) is 11.5 Å². The minimum absolute atomic E-state index is 0. The average molecular weight is 315 g/mol. The van der Waals surface area contributed by atoms with Crippen LogP contribution in [0, 0.1) is 0 Å². The van der Waals surface area contributed by atoms with Crippen LogP contribution in [0.25, 0.3) is 0 Å². The molecule has 2 aliphatic heterocycles. The van der Waals surface area contributed by atoms with Crippen molar-refractivity contribution in [3.8, 4) is 17.2 Å². The topological polar surface area (TPSA) is 43.0 Å². The van der Waals surface area contributed by atoms with E-state index < -0.39 is 0 Å². The zero-order valence-corrected chi connectivity index (χ0v) is 13.5. The Labute approximate surface area is 132 Å². The SMILES string of the molecule is COc1cc2c(cc1CN1CC(C)NCC1C)OCO2.Cl. The van der Waals surface area contributed by atoms with Crippen molar-refractivity contribution in [1.82, 2.24) is 10.2 Å². The highest BCUT2D eigenvalue weighted by molar-refractivity contribution is 5.85. The number of rotatable bonds is 3. The Morgan fingerprint density at radius 1 is 1.29 bits per heavy atom. The summed E-state index contributed by atoms with van der Waals surface area (Å²) >= 11 is 0. The van der Waals surface area contributed by atoms with Crippen LogP contribution in [0.5, 0.6) is 17.2 Å². The molecule has 1 aromatic rings. The Kier molecular flexibility index (Phi) is 5.19. The van der Waals surface area contributed by atoms with Gasteiger partial charge >= 0.3 is 0 Å². The monoisotopic (exact) mass is 314 g/mol. The zero-order valence-electron chi connectivity index (χ0n) is 12.7. The molecule has 2 heterocycles. The summed E-state index contributed by atoms with van der Waals surface area (Å²) in [4.78, 5) is 2.47. The molecule has 1 saturated heterocycles. The Morgan fingerprint density at radius 2 is 2.00 bits per heavy atom. The molecule has 2 unspecified atom stereocenters. The molecule has 0 radical (unpaired) electrons. The quantitative estimate of drug-likeness (QED) is 0.924. The number of nitrogens with one attached hydrogen (secondary N) is 1. The van der Waals surface area contributed by atoms with Gasteiger partial charge in [0.1, 0.15) is 5.75 Å². The first-order chi connectivity index (χ1) is 9.67. The number of hydrogen-bond acceptors (Lipinski definition) is 5. The van der Waals surface area contributed by atoms with E-state index in [1.165, 1.54) is 0 Å². The van der Waals surface area contributed by atoms with E-state index in [9.17, 15) is 0 Å². The van der Waals surface area contributed by atoms with Crippen molar-refractivity contribution in [2.24, 2.45) is 0 Å². The van der Waals surface area contributed by atoms with Crippen LogP contribution in [-0.4, -0.2) is 44.0 Å². The summed E-state index contributed by atoms with van der Waals surface area (Å²) in [6, 6.07) is 5.00. The molecule has 0 bridgehead atoms. The summed E-state index contributed by atoms with van der Waals surface area (Å²) in [5.41, 5.74) is 1.15. The Hall–Kier alpha value is -1.17. The maximum atomic E-state index is 5.50. The highest BCUT2D eigenvalue weighted by Gasteiger charge is 2.25. The van der Waals surface area contributed by atoms with Gasteiger partial charge in [0, 0.05) is 43.3 Å². The van der Waals surface area contributed by atoms with Crippen LogP contribution >= 0.6 is 12.4 Å². The van der Waals surface area contributed by atoms with Crippen LogP contribution < -0.4 is 19.5 Å². The standard InChI is InChI=1S/C15H22N2O3.ClH/c1-10-7-17(11(2)6-16-10)8-12-4-14-15(20-9-19-14)5-13(12)18-3;/h4-5,10-11,16H,6-9H2,1-3H3;1H. The van der Waals surface area contributed by atoms with E-state index in [4.69, 9.17) is 14.2 Å². The first-order valence-corrected chi connectivity index (χ1v) is 7.11. The van der Waals surface area contributed by atoms with Gasteiger partial charge in [-0.15, -0.1) is 12.4 Å². The van der Waals surface area contributed by atoms with Crippen molar-refractivity contribution >= 4 is 12.4 Å². The molecule has 1 fully saturated rings. The number of benzene rings is 1. The van der Waals surface area contributed by atoms with Crippen LogP contribution in [0.15, 0.2) is 12.1 Å². The lowest BCUT2D eigenvalue weighted by atomic mass is 10.1. The molecule has 0 spiro atoms. The fraction of sp³-hybridized carbons (Fsp3) is 0.600. The number of ether oxygens (including phenoxy) is 3. The number of methoxy groups -OCH3 is 1. The smallest absolute Gasteiger partial charge is 0.231 e. The molecule has 2 aliphatic rings. The minimum Gasteiger partial charge on any atom is -0.496 e. The molecule has 0 saturated carbocycles. The predicted molar refractivity (Wildman–Crippen MR) is 83.7 cm³/mol. The molecular weight excluding hydrogens is 292 g/mol. The first kappa shape index (κ1) is 16.2. The third-order valence-electron chi connectivity index (χ3n) is 4.04. The van der Waals surface area contributed by atoms with Gasteiger partial charge in [-0.25, -0.2) is 0 Å². The van der Waals surface area contributed by atoms with Crippen molar-refractivity contribution in [2.45, 2.75) is 32.5 Å². The molecule has 0 aromatic heterocycles. The lowest BCUT2D eigenvalue weighted by molar-refractivity contribution is 0.137. The molecule has 1 aromatic carbocycles. The van der Waals surface area contributed by atoms with E-state index in [0.29, 0.717) is 18.9 Å². The molecule has 6 heteroatoms. The lowest BCUT2D eigenvalue weighted by Crippen LogP contribution is -2.53. The normalized spacial score (nSPS) is 24.5. The van der Waals surface area contributed by atoms with Gasteiger partial charge in [-0.1, -0.05) is 0 Å². The molecule has 5 nitrogen and oxygen atoms in total. The molecule has 118 valence electrons. The number of nitrogens with zero attached hydrogens (tertiary/aromatic N) is 1. The van der Waals surface area contributed by atoms with E-state index in [2.05, 4.69) is 24.1 Å². The van der Waals surface area contributed by atoms with E-state index in [1.807, 2.05) is 12.1 Å². The van der Waals surface area contributed by atoms with E-state index in [0.717, 1.165) is 42.4 Å². The van der Waals surface area contributed by atoms with Crippen LogP contribution in [0.4, 0.5) is 0 Å². The first-order valence-electron chi connectivity index (χ1n) is 7.11. The maximum absolute atomic E-state index is 5.50. The summed E-state index contributed by atoms with van der Waals surface area (Å²) < 4.78 is 16.4. The molecule has 3 rings (SSSR count). The predicted octanol–water partition coefficient (Wildman–Crippen LogP) is 2.03. The molecule has 1 N–H and O–H groups in total. The zero-order chi connectivity index (χ0) is 14.1. The second kappa shape index (κ2) is 6.73. The highest BCUT2D eigenvalue weighted by Crippen LogP contribution is 2.38. The lowest BCUT2D eigenvalue weighted by Gasteiger charge is -2.37. The van der Waals surface area contributed by atoms with Gasteiger partial charge in [-0.3, -0.25) is 4.90 Å². The van der Waals surface area contributed by atoms with Gasteiger partial charge in [-0.05, 0) is 19.9 Å². The van der Waals surface area contributed by atoms with Crippen molar-refractivity contribution in [3.63, 3.8) is 0 Å². The second-order valence-electron chi connectivity index (χ2n) is 5.61. The highest BCUT2D eigenvalue weighted by atomic mass is 35.5. The Balaban J connectivity index is 0.00000161. The molecule has 2 atom stereocenters. The van der Waals surface area contributed by atoms with Crippen molar-refractivity contribution in [2.75, 3.05) is 27.0 Å². The summed E-state index contributed by atoms with van der Waals surface area (Å²) in [6.07, 6.45) is 0. The minimum atomic E-state index is 0. The number of halogens is 1. The van der Waals surface area contributed by atoms with Gasteiger partial charge < -0.3 is 19.5 Å². The third kappa shape index (κ3) is 3.36. The van der Waals surface area contributed by atoms with Crippen molar-refractivity contribution in [3.05, 3.63) is 17.7 Å². The number of piperazine rings is 1. The largest absolute Gasteiger partial charge is 0.496 e. The summed E-state index contributed by atoms with van der Waals surface area (Å²) in [7, 11) is 1.70. The van der Waals surface area contributed by atoms with E-state index >= 15 is 0 Å². The Bertz CT molecular complexity index is 498. The molecule has 21 heavy (non-hydrogen) atoms. The number of fused-ring (bicyclic) bond motifs is 1. The number of hydrogen-bond donors (Lipinski definition) is 1. The summed E-state index contributed by atoms with van der Waals surface area (Å²) in [5.74, 6) is 2.46. The van der Waals surface area contributed by atoms with E-state index in [1.54, 1.807) is 7.11 Å². The third-order valence-corrected chi connectivity index (χ3v) is 4.04. The fourth-order valence-corrected chi connectivity index (χ4v) is 2.82. The molecule has 0 aliphatic carbocycles. The van der Waals surface area contributed by atoms with Gasteiger partial charge in [0.25, 0.3) is 0 Å². The van der Waals surface area contributed by atoms with Crippen LogP contribution in [0.1, 0.15) is 19.4 Å². The Morgan fingerprint density at radius 3 is 2.71 bits per heavy atom. The maximum Gasteiger partial charge on any atom is 0.231 e. The van der Waals surface area contributed by atoms with Gasteiger partial charge in [0.2, 0.25) is 6.79 Å². The fourth-order valence-electron chi connectivity index (χ4n) is 2.82. The average Bonchev–Trinajstić information content (AvgIpc) is 2.89. The van der Waals surface area contributed by atoms with E-state index in [-0.39, 0.29) is 12.4 Å². The van der Waals surface area contributed by atoms with Crippen LogP contribution in [-0.2, 0) is 6.54 Å².